The molecule has 1 nitrogen and oxygen atoms in total. The molecule has 0 N–H and O–H groups in total. The van der Waals surface area contributed by atoms with Gasteiger partial charge < -0.3 is 4.74 Å². The summed E-state index contributed by atoms with van der Waals surface area (Å²) in [7, 11) is 0. The zero-order chi connectivity index (χ0) is 11.0. The smallest absolute Gasteiger partial charge is 0.0471 e. The van der Waals surface area contributed by atoms with Crippen LogP contribution in [-0.4, -0.2) is 18.5 Å². The van der Waals surface area contributed by atoms with Gasteiger partial charge in [-0.15, -0.1) is 0 Å². The van der Waals surface area contributed by atoms with Crippen molar-refractivity contribution in [3.8, 4) is 0 Å². The molecular formula is C13H25BrO. The van der Waals surface area contributed by atoms with E-state index in [9.17, 15) is 0 Å². The molecule has 1 rings (SSSR count). The Morgan fingerprint density at radius 3 is 2.47 bits per heavy atom. The maximum Gasteiger partial charge on any atom is 0.0471 e. The fraction of sp³-hybridized carbons (Fsp3) is 1.00. The first-order valence-electron chi connectivity index (χ1n) is 6.47. The molecule has 15 heavy (non-hydrogen) atoms. The lowest BCUT2D eigenvalue weighted by Gasteiger charge is -2.35. The van der Waals surface area contributed by atoms with Gasteiger partial charge in [0.25, 0.3) is 0 Å². The van der Waals surface area contributed by atoms with Crippen LogP contribution in [0.1, 0.15) is 58.3 Å². The van der Waals surface area contributed by atoms with Crippen LogP contribution in [0.25, 0.3) is 0 Å². The molecule has 0 saturated heterocycles. The standard InChI is InChI=1S/C13H25BrO/c1-2-3-10-15-11-9-13(12-14)7-5-4-6-8-13/h2-12H2,1H3. The van der Waals surface area contributed by atoms with E-state index in [4.69, 9.17) is 4.74 Å². The Morgan fingerprint density at radius 2 is 1.87 bits per heavy atom. The number of ether oxygens (including phenoxy) is 1. The average Bonchev–Trinajstić information content (AvgIpc) is 2.30. The van der Waals surface area contributed by atoms with E-state index in [0.717, 1.165) is 18.5 Å². The first kappa shape index (κ1) is 13.5. The van der Waals surface area contributed by atoms with Crippen molar-refractivity contribution < 1.29 is 4.74 Å². The predicted molar refractivity (Wildman–Crippen MR) is 69.7 cm³/mol. The number of hydrogen-bond acceptors (Lipinski definition) is 1. The fourth-order valence-corrected chi connectivity index (χ4v) is 3.23. The Kier molecular flexibility index (Phi) is 6.91. The zero-order valence-corrected chi connectivity index (χ0v) is 11.7. The lowest BCUT2D eigenvalue weighted by molar-refractivity contribution is 0.0836. The summed E-state index contributed by atoms with van der Waals surface area (Å²) in [6, 6.07) is 0. The van der Waals surface area contributed by atoms with Crippen LogP contribution in [-0.2, 0) is 4.74 Å². The van der Waals surface area contributed by atoms with Crippen molar-refractivity contribution in [1.82, 2.24) is 0 Å². The van der Waals surface area contributed by atoms with Gasteiger partial charge in [0.05, 0.1) is 0 Å². The Hall–Kier alpha value is 0.440. The van der Waals surface area contributed by atoms with Crippen molar-refractivity contribution >= 4 is 15.9 Å². The molecule has 0 bridgehead atoms. The Bertz CT molecular complexity index is 153. The predicted octanol–water partition coefficient (Wildman–Crippen LogP) is 4.54. The van der Waals surface area contributed by atoms with E-state index >= 15 is 0 Å². The third-order valence-corrected chi connectivity index (χ3v) is 4.81. The molecule has 1 aliphatic rings. The van der Waals surface area contributed by atoms with Gasteiger partial charge >= 0.3 is 0 Å². The van der Waals surface area contributed by atoms with Crippen molar-refractivity contribution in [3.05, 3.63) is 0 Å². The molecule has 0 aliphatic heterocycles. The van der Waals surface area contributed by atoms with Gasteiger partial charge in [-0.25, -0.2) is 0 Å². The molecule has 1 fully saturated rings. The van der Waals surface area contributed by atoms with Crippen LogP contribution in [0.5, 0.6) is 0 Å². The zero-order valence-electron chi connectivity index (χ0n) is 10.1. The SMILES string of the molecule is CCCCOCCC1(CBr)CCCCC1. The van der Waals surface area contributed by atoms with Crippen LogP contribution in [0.3, 0.4) is 0 Å². The first-order chi connectivity index (χ1) is 7.33. The summed E-state index contributed by atoms with van der Waals surface area (Å²) in [4.78, 5) is 0. The summed E-state index contributed by atoms with van der Waals surface area (Å²) in [5.41, 5.74) is 0.560. The van der Waals surface area contributed by atoms with Crippen LogP contribution in [0.15, 0.2) is 0 Å². The lowest BCUT2D eigenvalue weighted by Crippen LogP contribution is -2.27. The number of unbranched alkanes of at least 4 members (excludes halogenated alkanes) is 1. The molecule has 0 radical (unpaired) electrons. The van der Waals surface area contributed by atoms with E-state index in [2.05, 4.69) is 22.9 Å². The lowest BCUT2D eigenvalue weighted by atomic mass is 9.74. The van der Waals surface area contributed by atoms with Crippen molar-refractivity contribution in [2.24, 2.45) is 5.41 Å². The molecule has 0 heterocycles. The second-order valence-electron chi connectivity index (χ2n) is 4.91. The minimum Gasteiger partial charge on any atom is -0.381 e. The van der Waals surface area contributed by atoms with Gasteiger partial charge in [0.15, 0.2) is 0 Å². The maximum atomic E-state index is 5.68. The number of halogens is 1. The Balaban J connectivity index is 2.15. The van der Waals surface area contributed by atoms with Gasteiger partial charge in [-0.2, -0.15) is 0 Å². The summed E-state index contributed by atoms with van der Waals surface area (Å²) < 4.78 is 5.68. The largest absolute Gasteiger partial charge is 0.381 e. The molecule has 0 amide bonds. The molecule has 0 atom stereocenters. The van der Waals surface area contributed by atoms with Crippen molar-refractivity contribution in [2.75, 3.05) is 18.5 Å². The van der Waals surface area contributed by atoms with E-state index < -0.39 is 0 Å². The van der Waals surface area contributed by atoms with Crippen LogP contribution < -0.4 is 0 Å². The molecular weight excluding hydrogens is 252 g/mol. The summed E-state index contributed by atoms with van der Waals surface area (Å²) in [5.74, 6) is 0. The molecule has 0 unspecified atom stereocenters. The van der Waals surface area contributed by atoms with Gasteiger partial charge in [-0.1, -0.05) is 48.5 Å². The second kappa shape index (κ2) is 7.67. The fourth-order valence-electron chi connectivity index (χ4n) is 2.39. The highest BCUT2D eigenvalue weighted by atomic mass is 79.9. The summed E-state index contributed by atoms with van der Waals surface area (Å²) in [5, 5.41) is 1.16. The normalized spacial score (nSPS) is 20.4. The maximum absolute atomic E-state index is 5.68. The van der Waals surface area contributed by atoms with E-state index in [0.29, 0.717) is 5.41 Å². The number of alkyl halides is 1. The molecule has 1 saturated carbocycles. The van der Waals surface area contributed by atoms with Crippen LogP contribution in [0, 0.1) is 5.41 Å². The summed E-state index contributed by atoms with van der Waals surface area (Å²) >= 11 is 3.70. The summed E-state index contributed by atoms with van der Waals surface area (Å²) in [6.45, 7) is 4.13. The third kappa shape index (κ3) is 4.86. The van der Waals surface area contributed by atoms with Gasteiger partial charge in [0.1, 0.15) is 0 Å². The molecule has 0 aromatic heterocycles. The van der Waals surface area contributed by atoms with E-state index in [1.54, 1.807) is 0 Å². The highest BCUT2D eigenvalue weighted by molar-refractivity contribution is 9.09. The quantitative estimate of drug-likeness (QED) is 0.490. The molecule has 0 aromatic carbocycles. The highest BCUT2D eigenvalue weighted by Crippen LogP contribution is 2.40. The van der Waals surface area contributed by atoms with E-state index in [-0.39, 0.29) is 0 Å². The molecule has 0 aromatic rings. The first-order valence-corrected chi connectivity index (χ1v) is 7.59. The third-order valence-electron chi connectivity index (χ3n) is 3.62. The van der Waals surface area contributed by atoms with E-state index in [1.165, 1.54) is 51.4 Å². The number of rotatable bonds is 7. The van der Waals surface area contributed by atoms with Crippen molar-refractivity contribution in [3.63, 3.8) is 0 Å². The molecule has 1 aliphatic carbocycles. The molecule has 2 heteroatoms. The van der Waals surface area contributed by atoms with Gasteiger partial charge in [-0.05, 0) is 31.1 Å². The average molecular weight is 277 g/mol. The Morgan fingerprint density at radius 1 is 1.13 bits per heavy atom. The van der Waals surface area contributed by atoms with Crippen LogP contribution in [0.2, 0.25) is 0 Å². The highest BCUT2D eigenvalue weighted by Gasteiger charge is 2.30. The van der Waals surface area contributed by atoms with Gasteiger partial charge in [0.2, 0.25) is 0 Å². The van der Waals surface area contributed by atoms with Crippen molar-refractivity contribution in [2.45, 2.75) is 58.3 Å². The topological polar surface area (TPSA) is 9.23 Å². The second-order valence-corrected chi connectivity index (χ2v) is 5.47. The van der Waals surface area contributed by atoms with Crippen LogP contribution >= 0.6 is 15.9 Å². The minimum absolute atomic E-state index is 0.560. The van der Waals surface area contributed by atoms with Crippen molar-refractivity contribution in [1.29, 1.82) is 0 Å². The Labute approximate surface area is 103 Å². The molecule has 90 valence electrons. The summed E-state index contributed by atoms with van der Waals surface area (Å²) in [6.07, 6.45) is 10.8. The monoisotopic (exact) mass is 276 g/mol. The molecule has 0 spiro atoms. The minimum atomic E-state index is 0.560. The van der Waals surface area contributed by atoms with E-state index in [1.807, 2.05) is 0 Å². The number of hydrogen-bond donors (Lipinski definition) is 0. The van der Waals surface area contributed by atoms with Gasteiger partial charge in [0, 0.05) is 18.5 Å². The van der Waals surface area contributed by atoms with Crippen LogP contribution in [0.4, 0.5) is 0 Å². The van der Waals surface area contributed by atoms with Gasteiger partial charge in [-0.3, -0.25) is 0 Å².